The van der Waals surface area contributed by atoms with E-state index in [9.17, 15) is 4.79 Å². The average Bonchev–Trinajstić information content (AvgIpc) is 2.16. The Morgan fingerprint density at radius 2 is 2.20 bits per heavy atom. The first kappa shape index (κ1) is 12.5. The fourth-order valence-corrected chi connectivity index (χ4v) is 2.29. The van der Waals surface area contributed by atoms with Crippen LogP contribution in [0.25, 0.3) is 0 Å². The highest BCUT2D eigenvalue weighted by Gasteiger charge is 2.31. The molecular weight excluding hydrogens is 192 g/mol. The molecule has 0 spiro atoms. The van der Waals surface area contributed by atoms with Gasteiger partial charge in [0.1, 0.15) is 6.04 Å². The van der Waals surface area contributed by atoms with Crippen LogP contribution in [0.5, 0.6) is 0 Å². The van der Waals surface area contributed by atoms with Gasteiger partial charge in [-0.2, -0.15) is 0 Å². The number of aliphatic carboxylic acids is 1. The summed E-state index contributed by atoms with van der Waals surface area (Å²) < 4.78 is 0. The summed E-state index contributed by atoms with van der Waals surface area (Å²) in [6.45, 7) is 8.78. The smallest absolute Gasteiger partial charge is 0.322 e. The molecule has 1 saturated heterocycles. The number of carboxylic acid groups (broad SMARTS) is 1. The lowest BCUT2D eigenvalue weighted by Gasteiger charge is -2.38. The Balaban J connectivity index is 2.59. The maximum atomic E-state index is 11.1. The average molecular weight is 214 g/mol. The molecule has 0 aromatic heterocycles. The first-order chi connectivity index (χ1) is 7.02. The molecule has 0 aliphatic carbocycles. The minimum absolute atomic E-state index is 0.354. The van der Waals surface area contributed by atoms with E-state index in [1.54, 1.807) is 0 Å². The third kappa shape index (κ3) is 3.47. The molecule has 2 N–H and O–H groups in total. The van der Waals surface area contributed by atoms with Gasteiger partial charge in [0.2, 0.25) is 0 Å². The molecule has 2 atom stereocenters. The van der Waals surface area contributed by atoms with Crippen molar-refractivity contribution in [1.82, 2.24) is 10.2 Å². The summed E-state index contributed by atoms with van der Waals surface area (Å²) in [5.41, 5.74) is 0. The van der Waals surface area contributed by atoms with Gasteiger partial charge >= 0.3 is 5.97 Å². The summed E-state index contributed by atoms with van der Waals surface area (Å²) in [6, 6.07) is 0.000648. The van der Waals surface area contributed by atoms with Crippen LogP contribution in [0.1, 0.15) is 27.2 Å². The zero-order chi connectivity index (χ0) is 11.4. The Morgan fingerprint density at radius 3 is 2.73 bits per heavy atom. The zero-order valence-electron chi connectivity index (χ0n) is 9.86. The van der Waals surface area contributed by atoms with Gasteiger partial charge in [-0.25, -0.2) is 0 Å². The number of piperazine rings is 1. The van der Waals surface area contributed by atoms with E-state index in [1.165, 1.54) is 0 Å². The van der Waals surface area contributed by atoms with Crippen molar-refractivity contribution in [1.29, 1.82) is 0 Å². The summed E-state index contributed by atoms with van der Waals surface area (Å²) in [7, 11) is 0. The molecule has 15 heavy (non-hydrogen) atoms. The van der Waals surface area contributed by atoms with E-state index in [1.807, 2.05) is 0 Å². The number of nitrogens with zero attached hydrogens (tertiary/aromatic N) is 1. The standard InChI is InChI=1S/C11H22N2O2/c1-8(2)6-9(3)13-5-4-12-7-10(13)11(14)15/h8-10,12H,4-7H2,1-3H3,(H,14,15). The minimum Gasteiger partial charge on any atom is -0.480 e. The topological polar surface area (TPSA) is 52.6 Å². The van der Waals surface area contributed by atoms with E-state index in [4.69, 9.17) is 5.11 Å². The van der Waals surface area contributed by atoms with Gasteiger partial charge in [-0.15, -0.1) is 0 Å². The fraction of sp³-hybridized carbons (Fsp3) is 0.909. The van der Waals surface area contributed by atoms with Crippen LogP contribution in [0, 0.1) is 5.92 Å². The van der Waals surface area contributed by atoms with Gasteiger partial charge in [0.15, 0.2) is 0 Å². The van der Waals surface area contributed by atoms with Gasteiger partial charge in [-0.1, -0.05) is 13.8 Å². The fourth-order valence-electron chi connectivity index (χ4n) is 2.29. The summed E-state index contributed by atoms with van der Waals surface area (Å²) in [4.78, 5) is 13.2. The van der Waals surface area contributed by atoms with Crippen molar-refractivity contribution in [2.45, 2.75) is 39.3 Å². The van der Waals surface area contributed by atoms with E-state index in [0.29, 0.717) is 18.5 Å². The van der Waals surface area contributed by atoms with Gasteiger partial charge in [0.25, 0.3) is 0 Å². The Labute approximate surface area is 91.6 Å². The molecule has 1 aliphatic rings. The lowest BCUT2D eigenvalue weighted by atomic mass is 10.0. The maximum absolute atomic E-state index is 11.1. The Bertz CT molecular complexity index is 219. The molecule has 1 heterocycles. The number of hydrogen-bond donors (Lipinski definition) is 2. The second-order valence-electron chi connectivity index (χ2n) is 4.77. The summed E-state index contributed by atoms with van der Waals surface area (Å²) >= 11 is 0. The normalized spacial score (nSPS) is 25.5. The van der Waals surface area contributed by atoms with Crippen LogP contribution in [0.15, 0.2) is 0 Å². The molecule has 1 rings (SSSR count). The Morgan fingerprint density at radius 1 is 1.53 bits per heavy atom. The van der Waals surface area contributed by atoms with Gasteiger partial charge < -0.3 is 10.4 Å². The molecular formula is C11H22N2O2. The molecule has 0 aromatic rings. The second kappa shape index (κ2) is 5.47. The molecule has 2 unspecified atom stereocenters. The highest BCUT2D eigenvalue weighted by molar-refractivity contribution is 5.74. The van der Waals surface area contributed by atoms with Crippen LogP contribution in [-0.2, 0) is 4.79 Å². The van der Waals surface area contributed by atoms with Crippen molar-refractivity contribution in [2.24, 2.45) is 5.92 Å². The van der Waals surface area contributed by atoms with Crippen molar-refractivity contribution in [3.8, 4) is 0 Å². The number of hydrogen-bond acceptors (Lipinski definition) is 3. The van der Waals surface area contributed by atoms with E-state index in [0.717, 1.165) is 19.5 Å². The SMILES string of the molecule is CC(C)CC(C)N1CCNCC1C(=O)O. The number of carboxylic acids is 1. The predicted molar refractivity (Wildman–Crippen MR) is 59.9 cm³/mol. The molecule has 4 nitrogen and oxygen atoms in total. The van der Waals surface area contributed by atoms with E-state index in [2.05, 4.69) is 31.0 Å². The molecule has 0 radical (unpaired) electrons. The maximum Gasteiger partial charge on any atom is 0.322 e. The van der Waals surface area contributed by atoms with Crippen molar-refractivity contribution in [2.75, 3.05) is 19.6 Å². The molecule has 0 saturated carbocycles. The molecule has 1 fully saturated rings. The van der Waals surface area contributed by atoms with Crippen molar-refractivity contribution >= 4 is 5.97 Å². The van der Waals surface area contributed by atoms with Gasteiger partial charge in [0, 0.05) is 25.7 Å². The van der Waals surface area contributed by atoms with E-state index >= 15 is 0 Å². The van der Waals surface area contributed by atoms with Crippen molar-refractivity contribution in [3.63, 3.8) is 0 Å². The van der Waals surface area contributed by atoms with Crippen molar-refractivity contribution in [3.05, 3.63) is 0 Å². The molecule has 0 aromatic carbocycles. The lowest BCUT2D eigenvalue weighted by Crippen LogP contribution is -2.57. The Hall–Kier alpha value is -0.610. The molecule has 0 amide bonds. The van der Waals surface area contributed by atoms with Crippen LogP contribution in [-0.4, -0.2) is 47.7 Å². The van der Waals surface area contributed by atoms with Crippen LogP contribution >= 0.6 is 0 Å². The monoisotopic (exact) mass is 214 g/mol. The predicted octanol–water partition coefficient (Wildman–Crippen LogP) is 0.779. The summed E-state index contributed by atoms with van der Waals surface area (Å²) in [6.07, 6.45) is 1.06. The molecule has 0 bridgehead atoms. The second-order valence-corrected chi connectivity index (χ2v) is 4.77. The quantitative estimate of drug-likeness (QED) is 0.726. The van der Waals surface area contributed by atoms with Crippen LogP contribution in [0.4, 0.5) is 0 Å². The molecule has 1 aliphatic heterocycles. The first-order valence-electron chi connectivity index (χ1n) is 5.71. The largest absolute Gasteiger partial charge is 0.480 e. The number of carbonyl (C=O) groups is 1. The van der Waals surface area contributed by atoms with Gasteiger partial charge in [-0.3, -0.25) is 9.69 Å². The van der Waals surface area contributed by atoms with E-state index in [-0.39, 0.29) is 6.04 Å². The van der Waals surface area contributed by atoms with E-state index < -0.39 is 5.97 Å². The number of rotatable bonds is 4. The first-order valence-corrected chi connectivity index (χ1v) is 5.71. The third-order valence-electron chi connectivity index (χ3n) is 2.95. The summed E-state index contributed by atoms with van der Waals surface area (Å²) in [5.74, 6) is -0.0952. The molecule has 88 valence electrons. The number of nitrogens with one attached hydrogen (secondary N) is 1. The van der Waals surface area contributed by atoms with Crippen LogP contribution in [0.2, 0.25) is 0 Å². The Kier molecular flexibility index (Phi) is 4.54. The third-order valence-corrected chi connectivity index (χ3v) is 2.95. The van der Waals surface area contributed by atoms with Gasteiger partial charge in [-0.05, 0) is 19.3 Å². The van der Waals surface area contributed by atoms with Crippen LogP contribution < -0.4 is 5.32 Å². The summed E-state index contributed by atoms with van der Waals surface area (Å²) in [5, 5.41) is 12.2. The van der Waals surface area contributed by atoms with Gasteiger partial charge in [0.05, 0.1) is 0 Å². The zero-order valence-corrected chi connectivity index (χ0v) is 9.86. The highest BCUT2D eigenvalue weighted by Crippen LogP contribution is 2.15. The lowest BCUT2D eigenvalue weighted by molar-refractivity contribution is -0.145. The van der Waals surface area contributed by atoms with Crippen molar-refractivity contribution < 1.29 is 9.90 Å². The van der Waals surface area contributed by atoms with Crippen LogP contribution in [0.3, 0.4) is 0 Å². The minimum atomic E-state index is -0.710. The highest BCUT2D eigenvalue weighted by atomic mass is 16.4. The molecule has 4 heteroatoms.